The van der Waals surface area contributed by atoms with Crippen LogP contribution >= 0.6 is 24.8 Å². The maximum Gasteiger partial charge on any atom is 0.122 e. The number of β-amino-alcohol motifs (C(OH)–C–C–N with tert-alkyl or cyclic N) is 2. The van der Waals surface area contributed by atoms with Crippen LogP contribution in [0.4, 0.5) is 0 Å². The van der Waals surface area contributed by atoms with Gasteiger partial charge in [0.15, 0.2) is 0 Å². The summed E-state index contributed by atoms with van der Waals surface area (Å²) in [7, 11) is 0. The second-order valence-electron chi connectivity index (χ2n) is 5.49. The molecule has 1 fully saturated rings. The zero-order chi connectivity index (χ0) is 14.3. The molecule has 0 saturated carbocycles. The number of aliphatic hydroxyl groups excluding tert-OH is 2. The monoisotopic (exact) mass is 342 g/mol. The first-order valence-corrected chi connectivity index (χ1v) is 6.82. The SMILES string of the molecule is C#CC(C)(C)OCC(O)CN1CCN(CCO)CC1.Cl.Cl. The highest BCUT2D eigenvalue weighted by molar-refractivity contribution is 5.85. The van der Waals surface area contributed by atoms with Crippen molar-refractivity contribution >= 4 is 24.8 Å². The van der Waals surface area contributed by atoms with Crippen LogP contribution in [0.5, 0.6) is 0 Å². The minimum atomic E-state index is -0.624. The maximum atomic E-state index is 9.94. The van der Waals surface area contributed by atoms with Crippen molar-refractivity contribution in [3.63, 3.8) is 0 Å². The lowest BCUT2D eigenvalue weighted by Gasteiger charge is -2.35. The van der Waals surface area contributed by atoms with Crippen LogP contribution in [0.1, 0.15) is 13.8 Å². The summed E-state index contributed by atoms with van der Waals surface area (Å²) in [4.78, 5) is 4.44. The van der Waals surface area contributed by atoms with E-state index in [2.05, 4.69) is 15.7 Å². The summed E-state index contributed by atoms with van der Waals surface area (Å²) in [5.74, 6) is 2.54. The van der Waals surface area contributed by atoms with E-state index < -0.39 is 11.7 Å². The lowest BCUT2D eigenvalue weighted by atomic mass is 10.1. The fourth-order valence-electron chi connectivity index (χ4n) is 2.03. The van der Waals surface area contributed by atoms with Gasteiger partial charge < -0.3 is 14.9 Å². The van der Waals surface area contributed by atoms with E-state index in [9.17, 15) is 5.11 Å². The van der Waals surface area contributed by atoms with Crippen LogP contribution in [0.25, 0.3) is 0 Å². The summed E-state index contributed by atoms with van der Waals surface area (Å²) in [6.45, 7) is 9.12. The molecule has 0 spiro atoms. The van der Waals surface area contributed by atoms with E-state index in [1.54, 1.807) is 0 Å². The van der Waals surface area contributed by atoms with Gasteiger partial charge in [-0.15, -0.1) is 31.2 Å². The summed E-state index contributed by atoms with van der Waals surface area (Å²) in [5.41, 5.74) is -0.624. The molecule has 1 aliphatic rings. The zero-order valence-corrected chi connectivity index (χ0v) is 14.5. The molecule has 7 heteroatoms. The average molecular weight is 343 g/mol. The van der Waals surface area contributed by atoms with Crippen LogP contribution in [-0.4, -0.2) is 84.2 Å². The fraction of sp³-hybridized carbons (Fsp3) is 0.857. The Labute approximate surface area is 140 Å². The third-order valence-corrected chi connectivity index (χ3v) is 3.33. The van der Waals surface area contributed by atoms with Crippen molar-refractivity contribution in [2.24, 2.45) is 0 Å². The summed E-state index contributed by atoms with van der Waals surface area (Å²) in [5, 5.41) is 18.8. The molecular formula is C14H28Cl2N2O3. The molecule has 0 aliphatic carbocycles. The second-order valence-corrected chi connectivity index (χ2v) is 5.49. The number of aliphatic hydroxyl groups is 2. The number of ether oxygens (including phenoxy) is 1. The minimum absolute atomic E-state index is 0. The standard InChI is InChI=1S/C14H26N2O3.2ClH/c1-4-14(2,3)19-12-13(18)11-16-7-5-15(6-8-16)9-10-17;;/h1,13,17-18H,5-12H2,2-3H3;2*1H. The van der Waals surface area contributed by atoms with Gasteiger partial charge in [0.2, 0.25) is 0 Å². The van der Waals surface area contributed by atoms with Crippen molar-refractivity contribution in [3.05, 3.63) is 0 Å². The summed E-state index contributed by atoms with van der Waals surface area (Å²) < 4.78 is 5.49. The number of hydrogen-bond donors (Lipinski definition) is 2. The predicted molar refractivity (Wildman–Crippen MR) is 89.3 cm³/mol. The molecule has 1 heterocycles. The van der Waals surface area contributed by atoms with Gasteiger partial charge in [0, 0.05) is 39.3 Å². The third-order valence-electron chi connectivity index (χ3n) is 3.33. The lowest BCUT2D eigenvalue weighted by Crippen LogP contribution is -2.49. The predicted octanol–water partition coefficient (Wildman–Crippen LogP) is 0.229. The van der Waals surface area contributed by atoms with Crippen LogP contribution < -0.4 is 0 Å². The van der Waals surface area contributed by atoms with Gasteiger partial charge in [0.25, 0.3) is 0 Å². The molecule has 0 aromatic carbocycles. The molecule has 2 N–H and O–H groups in total. The second kappa shape index (κ2) is 11.5. The summed E-state index contributed by atoms with van der Waals surface area (Å²) in [6.07, 6.45) is 4.81. The van der Waals surface area contributed by atoms with E-state index in [0.717, 1.165) is 32.7 Å². The number of terminal acetylenes is 1. The van der Waals surface area contributed by atoms with Gasteiger partial charge >= 0.3 is 0 Å². The molecule has 5 nitrogen and oxygen atoms in total. The Balaban J connectivity index is 0. The van der Waals surface area contributed by atoms with Crippen LogP contribution in [0.3, 0.4) is 0 Å². The molecule has 1 saturated heterocycles. The van der Waals surface area contributed by atoms with Crippen molar-refractivity contribution in [3.8, 4) is 12.3 Å². The van der Waals surface area contributed by atoms with Crippen LogP contribution in [0.2, 0.25) is 0 Å². The highest BCUT2D eigenvalue weighted by Crippen LogP contribution is 2.08. The van der Waals surface area contributed by atoms with Gasteiger partial charge in [0.1, 0.15) is 5.60 Å². The van der Waals surface area contributed by atoms with Gasteiger partial charge in [-0.1, -0.05) is 5.92 Å². The van der Waals surface area contributed by atoms with E-state index in [4.69, 9.17) is 16.3 Å². The molecule has 0 amide bonds. The van der Waals surface area contributed by atoms with Gasteiger partial charge in [0.05, 0.1) is 19.3 Å². The topological polar surface area (TPSA) is 56.2 Å². The first kappa shape index (κ1) is 23.2. The number of piperazine rings is 1. The van der Waals surface area contributed by atoms with Crippen molar-refractivity contribution in [1.82, 2.24) is 9.80 Å². The number of halogens is 2. The molecule has 126 valence electrons. The lowest BCUT2D eigenvalue weighted by molar-refractivity contribution is -0.0410. The summed E-state index contributed by atoms with van der Waals surface area (Å²) >= 11 is 0. The normalized spacial score (nSPS) is 18.2. The quantitative estimate of drug-likeness (QED) is 0.648. The van der Waals surface area contributed by atoms with E-state index in [-0.39, 0.29) is 38.0 Å². The highest BCUT2D eigenvalue weighted by atomic mass is 35.5. The molecule has 0 aromatic rings. The fourth-order valence-corrected chi connectivity index (χ4v) is 2.03. The van der Waals surface area contributed by atoms with Gasteiger partial charge in [-0.05, 0) is 13.8 Å². The van der Waals surface area contributed by atoms with E-state index in [0.29, 0.717) is 6.54 Å². The van der Waals surface area contributed by atoms with Crippen molar-refractivity contribution < 1.29 is 14.9 Å². The van der Waals surface area contributed by atoms with Gasteiger partial charge in [-0.25, -0.2) is 0 Å². The molecule has 1 unspecified atom stereocenters. The van der Waals surface area contributed by atoms with Crippen LogP contribution in [0.15, 0.2) is 0 Å². The van der Waals surface area contributed by atoms with Gasteiger partial charge in [-0.3, -0.25) is 9.80 Å². The molecular weight excluding hydrogens is 315 g/mol. The Morgan fingerprint density at radius 3 is 2.19 bits per heavy atom. The molecule has 21 heavy (non-hydrogen) atoms. The summed E-state index contributed by atoms with van der Waals surface area (Å²) in [6, 6.07) is 0. The molecule has 0 bridgehead atoms. The Morgan fingerprint density at radius 1 is 1.19 bits per heavy atom. The molecule has 1 rings (SSSR count). The van der Waals surface area contributed by atoms with Crippen LogP contribution in [0, 0.1) is 12.3 Å². The Bertz CT molecular complexity index is 303. The highest BCUT2D eigenvalue weighted by Gasteiger charge is 2.21. The Morgan fingerprint density at radius 2 is 1.71 bits per heavy atom. The van der Waals surface area contributed by atoms with Gasteiger partial charge in [-0.2, -0.15) is 0 Å². The third kappa shape index (κ3) is 9.54. The molecule has 0 aromatic heterocycles. The Hall–Kier alpha value is -0.0600. The van der Waals surface area contributed by atoms with E-state index >= 15 is 0 Å². The van der Waals surface area contributed by atoms with Crippen molar-refractivity contribution in [2.45, 2.75) is 25.6 Å². The minimum Gasteiger partial charge on any atom is -0.395 e. The number of nitrogens with zero attached hydrogens (tertiary/aromatic N) is 2. The molecule has 1 aliphatic heterocycles. The smallest absolute Gasteiger partial charge is 0.122 e. The Kier molecular flexibility index (Phi) is 12.7. The maximum absolute atomic E-state index is 9.94. The van der Waals surface area contributed by atoms with E-state index in [1.165, 1.54) is 0 Å². The first-order valence-electron chi connectivity index (χ1n) is 6.82. The molecule has 0 radical (unpaired) electrons. The van der Waals surface area contributed by atoms with Crippen molar-refractivity contribution in [2.75, 3.05) is 52.5 Å². The largest absolute Gasteiger partial charge is 0.395 e. The molecule has 1 atom stereocenters. The van der Waals surface area contributed by atoms with E-state index in [1.807, 2.05) is 13.8 Å². The first-order chi connectivity index (χ1) is 8.96. The number of rotatable bonds is 7. The van der Waals surface area contributed by atoms with Crippen LogP contribution in [-0.2, 0) is 4.74 Å². The zero-order valence-electron chi connectivity index (χ0n) is 12.8. The average Bonchev–Trinajstić information content (AvgIpc) is 2.39. The number of hydrogen-bond acceptors (Lipinski definition) is 5. The van der Waals surface area contributed by atoms with Crippen molar-refractivity contribution in [1.29, 1.82) is 0 Å².